The Morgan fingerprint density at radius 2 is 2.22 bits per heavy atom. The van der Waals surface area contributed by atoms with E-state index in [9.17, 15) is 14.9 Å². The van der Waals surface area contributed by atoms with Crippen LogP contribution < -0.4 is 11.1 Å². The summed E-state index contributed by atoms with van der Waals surface area (Å²) >= 11 is 5.78. The number of amides is 1. The molecular weight excluding hydrogens is 258 g/mol. The number of nitrogen functional groups attached to an aromatic ring is 1. The van der Waals surface area contributed by atoms with Gasteiger partial charge in [-0.2, -0.15) is 0 Å². The van der Waals surface area contributed by atoms with Gasteiger partial charge in [-0.25, -0.2) is 0 Å². The highest BCUT2D eigenvalue weighted by atomic mass is 35.5. The molecule has 1 aliphatic rings. The second-order valence-corrected chi connectivity index (χ2v) is 4.85. The van der Waals surface area contributed by atoms with Crippen LogP contribution in [0.3, 0.4) is 0 Å². The van der Waals surface area contributed by atoms with E-state index in [0.717, 1.165) is 18.6 Å². The van der Waals surface area contributed by atoms with Crippen LogP contribution >= 0.6 is 11.6 Å². The number of carbonyl (C=O) groups is 1. The van der Waals surface area contributed by atoms with Crippen molar-refractivity contribution in [3.63, 3.8) is 0 Å². The summed E-state index contributed by atoms with van der Waals surface area (Å²) in [5, 5.41) is 13.5. The van der Waals surface area contributed by atoms with Gasteiger partial charge in [-0.1, -0.05) is 18.5 Å². The molecule has 1 aromatic rings. The Labute approximate surface area is 108 Å². The summed E-state index contributed by atoms with van der Waals surface area (Å²) in [5.41, 5.74) is 5.53. The Morgan fingerprint density at radius 3 is 2.72 bits per heavy atom. The maximum absolute atomic E-state index is 11.9. The number of halogens is 1. The molecule has 0 radical (unpaired) electrons. The number of rotatable bonds is 3. The van der Waals surface area contributed by atoms with Crippen molar-refractivity contribution < 1.29 is 9.72 Å². The van der Waals surface area contributed by atoms with Gasteiger partial charge in [-0.05, 0) is 12.3 Å². The third kappa shape index (κ3) is 2.38. The van der Waals surface area contributed by atoms with Gasteiger partial charge in [0.25, 0.3) is 11.6 Å². The Morgan fingerprint density at radius 1 is 1.61 bits per heavy atom. The predicted octanol–water partition coefficient (Wildman–Crippen LogP) is 1.97. The number of hydrogen-bond donors (Lipinski definition) is 2. The van der Waals surface area contributed by atoms with E-state index in [4.69, 9.17) is 17.3 Å². The largest absolute Gasteiger partial charge is 0.397 e. The topological polar surface area (TPSA) is 98.3 Å². The van der Waals surface area contributed by atoms with E-state index >= 15 is 0 Å². The number of nitrogens with two attached hydrogens (primary N) is 1. The molecule has 2 unspecified atom stereocenters. The second-order valence-electron chi connectivity index (χ2n) is 4.44. The minimum atomic E-state index is -0.609. The van der Waals surface area contributed by atoms with Gasteiger partial charge in [0.1, 0.15) is 0 Å². The standard InChI is InChI=1S/C11H12ClN3O3/c1-5-2-9(5)14-11(16)7-3-6(15(17)18)4-8(12)10(7)13/h3-5,9H,2,13H2,1H3,(H,14,16). The fourth-order valence-electron chi connectivity index (χ4n) is 1.67. The van der Waals surface area contributed by atoms with Crippen molar-refractivity contribution in [1.29, 1.82) is 0 Å². The molecule has 0 aromatic heterocycles. The highest BCUT2D eigenvalue weighted by Gasteiger charge is 2.34. The zero-order chi connectivity index (χ0) is 13.4. The first kappa shape index (κ1) is 12.6. The van der Waals surface area contributed by atoms with Crippen LogP contribution in [0.2, 0.25) is 5.02 Å². The van der Waals surface area contributed by atoms with Crippen LogP contribution in [0.5, 0.6) is 0 Å². The van der Waals surface area contributed by atoms with Gasteiger partial charge in [0.05, 0.1) is 21.2 Å². The summed E-state index contributed by atoms with van der Waals surface area (Å²) in [6.07, 6.45) is 0.911. The fourth-order valence-corrected chi connectivity index (χ4v) is 1.88. The lowest BCUT2D eigenvalue weighted by Crippen LogP contribution is -2.27. The highest BCUT2D eigenvalue weighted by Crippen LogP contribution is 2.32. The summed E-state index contributed by atoms with van der Waals surface area (Å²) in [4.78, 5) is 22.0. The lowest BCUT2D eigenvalue weighted by Gasteiger charge is -2.08. The lowest BCUT2D eigenvalue weighted by atomic mass is 10.1. The average Bonchev–Trinajstić information content (AvgIpc) is 2.97. The van der Waals surface area contributed by atoms with Crippen molar-refractivity contribution in [3.8, 4) is 0 Å². The minimum Gasteiger partial charge on any atom is -0.397 e. The molecule has 7 heteroatoms. The molecule has 0 bridgehead atoms. The van der Waals surface area contributed by atoms with Crippen molar-refractivity contribution in [2.24, 2.45) is 5.92 Å². The smallest absolute Gasteiger partial charge is 0.271 e. The quantitative estimate of drug-likeness (QED) is 0.498. The Balaban J connectivity index is 2.30. The zero-order valence-corrected chi connectivity index (χ0v) is 10.4. The van der Waals surface area contributed by atoms with Crippen LogP contribution in [0.1, 0.15) is 23.7 Å². The van der Waals surface area contributed by atoms with E-state index in [0.29, 0.717) is 5.92 Å². The number of nitro benzene ring substituents is 1. The van der Waals surface area contributed by atoms with Gasteiger partial charge in [0.2, 0.25) is 0 Å². The van der Waals surface area contributed by atoms with Gasteiger partial charge in [-0.15, -0.1) is 0 Å². The van der Waals surface area contributed by atoms with Crippen molar-refractivity contribution in [2.45, 2.75) is 19.4 Å². The summed E-state index contributed by atoms with van der Waals surface area (Å²) < 4.78 is 0. The van der Waals surface area contributed by atoms with Crippen molar-refractivity contribution in [3.05, 3.63) is 32.8 Å². The molecule has 1 aromatic carbocycles. The molecule has 3 N–H and O–H groups in total. The van der Waals surface area contributed by atoms with Crippen LogP contribution in [0.15, 0.2) is 12.1 Å². The molecule has 1 saturated carbocycles. The Kier molecular flexibility index (Phi) is 3.13. The normalized spacial score (nSPS) is 21.4. The number of hydrogen-bond acceptors (Lipinski definition) is 4. The number of nitrogens with one attached hydrogen (secondary N) is 1. The van der Waals surface area contributed by atoms with Crippen LogP contribution in [0, 0.1) is 16.0 Å². The molecular formula is C11H12ClN3O3. The predicted molar refractivity (Wildman–Crippen MR) is 67.6 cm³/mol. The van der Waals surface area contributed by atoms with E-state index in [2.05, 4.69) is 5.32 Å². The van der Waals surface area contributed by atoms with Crippen LogP contribution in [0.25, 0.3) is 0 Å². The molecule has 0 spiro atoms. The molecule has 0 aliphatic heterocycles. The van der Waals surface area contributed by atoms with E-state index in [1.165, 1.54) is 0 Å². The van der Waals surface area contributed by atoms with Crippen LogP contribution in [-0.4, -0.2) is 16.9 Å². The monoisotopic (exact) mass is 269 g/mol. The zero-order valence-electron chi connectivity index (χ0n) is 9.64. The molecule has 2 rings (SSSR count). The van der Waals surface area contributed by atoms with Crippen molar-refractivity contribution in [2.75, 3.05) is 5.73 Å². The summed E-state index contributed by atoms with van der Waals surface area (Å²) in [6, 6.07) is 2.40. The number of nitrogens with zero attached hydrogens (tertiary/aromatic N) is 1. The van der Waals surface area contributed by atoms with Gasteiger partial charge in [0.15, 0.2) is 0 Å². The van der Waals surface area contributed by atoms with Crippen molar-refractivity contribution >= 4 is 28.9 Å². The molecule has 6 nitrogen and oxygen atoms in total. The molecule has 96 valence electrons. The number of nitro groups is 1. The van der Waals surface area contributed by atoms with Gasteiger partial charge in [-0.3, -0.25) is 14.9 Å². The van der Waals surface area contributed by atoms with Crippen molar-refractivity contribution in [1.82, 2.24) is 5.32 Å². The van der Waals surface area contributed by atoms with Gasteiger partial charge >= 0.3 is 0 Å². The third-order valence-corrected chi connectivity index (χ3v) is 3.31. The first-order chi connectivity index (χ1) is 8.40. The average molecular weight is 270 g/mol. The Bertz CT molecular complexity index is 533. The first-order valence-electron chi connectivity index (χ1n) is 5.44. The molecule has 1 amide bonds. The fraction of sp³-hybridized carbons (Fsp3) is 0.364. The van der Waals surface area contributed by atoms with Crippen LogP contribution in [0.4, 0.5) is 11.4 Å². The van der Waals surface area contributed by atoms with Gasteiger partial charge in [0, 0.05) is 18.2 Å². The minimum absolute atomic E-state index is 0.0122. The maximum Gasteiger partial charge on any atom is 0.271 e. The van der Waals surface area contributed by atoms with E-state index in [-0.39, 0.29) is 28.0 Å². The number of non-ortho nitro benzene ring substituents is 1. The lowest BCUT2D eigenvalue weighted by molar-refractivity contribution is -0.384. The van der Waals surface area contributed by atoms with Gasteiger partial charge < -0.3 is 11.1 Å². The number of carbonyl (C=O) groups excluding carboxylic acids is 1. The number of anilines is 1. The maximum atomic E-state index is 11.9. The van der Waals surface area contributed by atoms with E-state index in [1.54, 1.807) is 0 Å². The SMILES string of the molecule is CC1CC1NC(=O)c1cc([N+](=O)[O-])cc(Cl)c1N. The highest BCUT2D eigenvalue weighted by molar-refractivity contribution is 6.34. The Hall–Kier alpha value is -1.82. The molecule has 2 atom stereocenters. The summed E-state index contributed by atoms with van der Waals surface area (Å²) in [6.45, 7) is 2.01. The van der Waals surface area contributed by atoms with E-state index in [1.807, 2.05) is 6.92 Å². The molecule has 0 saturated heterocycles. The number of benzene rings is 1. The summed E-state index contributed by atoms with van der Waals surface area (Å²) in [5.74, 6) is 0.0109. The second kappa shape index (κ2) is 4.45. The first-order valence-corrected chi connectivity index (χ1v) is 5.82. The molecule has 18 heavy (non-hydrogen) atoms. The summed E-state index contributed by atoms with van der Waals surface area (Å²) in [7, 11) is 0. The molecule has 1 aliphatic carbocycles. The molecule has 1 fully saturated rings. The van der Waals surface area contributed by atoms with E-state index < -0.39 is 10.8 Å². The third-order valence-electron chi connectivity index (χ3n) is 3.00. The van der Waals surface area contributed by atoms with Crippen LogP contribution in [-0.2, 0) is 0 Å². The molecule has 0 heterocycles.